The van der Waals surface area contributed by atoms with Crippen LogP contribution in [-0.2, 0) is 55.8 Å². The predicted octanol–water partition coefficient (Wildman–Crippen LogP) is 4.78. The van der Waals surface area contributed by atoms with Gasteiger partial charge in [0.15, 0.2) is 12.4 Å². The number of methoxy groups -OCH3 is 1. The molecule has 3 aliphatic heterocycles. The highest BCUT2D eigenvalue weighted by atomic mass is 32.2. The van der Waals surface area contributed by atoms with E-state index in [1.54, 1.807) is 61.5 Å². The summed E-state index contributed by atoms with van der Waals surface area (Å²) in [7, 11) is -6.78. The second-order valence-corrected chi connectivity index (χ2v) is 20.5. The van der Waals surface area contributed by atoms with Crippen molar-refractivity contribution in [2.75, 3.05) is 72.5 Å². The van der Waals surface area contributed by atoms with E-state index in [2.05, 4.69) is 15.5 Å². The Morgan fingerprint density at radius 1 is 0.969 bits per heavy atom. The molecule has 358 valence electrons. The van der Waals surface area contributed by atoms with Crippen molar-refractivity contribution < 1.29 is 65.1 Å². The number of nitrogens with one attached hydrogen (secondary N) is 2. The van der Waals surface area contributed by atoms with Gasteiger partial charge in [0.1, 0.15) is 23.4 Å². The molecule has 0 aromatic heterocycles. The number of ether oxygens (including phenoxy) is 6. The van der Waals surface area contributed by atoms with E-state index in [1.807, 2.05) is 19.9 Å². The fraction of sp³-hybridized carbons (Fsp3) is 0.556. The van der Waals surface area contributed by atoms with Gasteiger partial charge in [-0.3, -0.25) is 9.42 Å². The monoisotopic (exact) mass is 946 g/mol. The number of carbonyl (C=O) groups is 2. The summed E-state index contributed by atoms with van der Waals surface area (Å²) in [6.07, 6.45) is -4.27. The number of esters is 1. The second-order valence-electron chi connectivity index (χ2n) is 16.7. The number of alkyl carbamates (subject to hydrolysis) is 1. The number of hydrogen-bond donors (Lipinski definition) is 3. The first-order valence-corrected chi connectivity index (χ1v) is 25.2. The molecule has 3 N–H and O–H groups in total. The van der Waals surface area contributed by atoms with Crippen LogP contribution in [0.4, 0.5) is 4.79 Å². The van der Waals surface area contributed by atoms with Gasteiger partial charge in [0.2, 0.25) is 16.4 Å². The molecule has 3 aromatic carbocycles. The van der Waals surface area contributed by atoms with Gasteiger partial charge < -0.3 is 48.7 Å². The summed E-state index contributed by atoms with van der Waals surface area (Å²) in [5.41, 5.74) is 1.59. The summed E-state index contributed by atoms with van der Waals surface area (Å²) in [6.45, 7) is 11.6. The number of benzene rings is 3. The minimum absolute atomic E-state index is 0.0234. The van der Waals surface area contributed by atoms with E-state index in [0.29, 0.717) is 30.9 Å². The number of aliphatic hydroxyl groups is 1. The lowest BCUT2D eigenvalue weighted by Gasteiger charge is -2.31. The quantitative estimate of drug-likeness (QED) is 0.0863. The minimum atomic E-state index is -4.17. The molecule has 6 rings (SSSR count). The molecule has 3 aliphatic rings. The zero-order valence-corrected chi connectivity index (χ0v) is 39.4. The topological polar surface area (TPSA) is 210 Å². The van der Waals surface area contributed by atoms with E-state index in [9.17, 15) is 27.7 Å². The number of carbonyl (C=O) groups excluding carboxylic acids is 2. The fourth-order valence-corrected chi connectivity index (χ4v) is 10.9. The first-order chi connectivity index (χ1) is 31.1. The maximum Gasteiger partial charge on any atom is 0.417 e. The molecule has 0 aliphatic carbocycles. The molecule has 0 saturated carbocycles. The molecule has 65 heavy (non-hydrogen) atoms. The van der Waals surface area contributed by atoms with Gasteiger partial charge in [-0.2, -0.15) is 4.31 Å². The Bertz CT molecular complexity index is 2160. The molecular weight excluding hydrogens is 884 g/mol. The van der Waals surface area contributed by atoms with Crippen LogP contribution in [0.25, 0.3) is 0 Å². The number of aliphatic hydroxyl groups excluding tert-OH is 1. The molecule has 0 spiro atoms. The fourth-order valence-electron chi connectivity index (χ4n) is 7.80. The van der Waals surface area contributed by atoms with Crippen molar-refractivity contribution in [3.05, 3.63) is 83.9 Å². The normalized spacial score (nSPS) is 21.2. The van der Waals surface area contributed by atoms with Gasteiger partial charge in [-0.05, 0) is 92.3 Å². The van der Waals surface area contributed by atoms with Crippen LogP contribution < -0.4 is 24.6 Å². The van der Waals surface area contributed by atoms with Gasteiger partial charge in [0.25, 0.3) is 0 Å². The third-order valence-corrected chi connectivity index (χ3v) is 14.5. The van der Waals surface area contributed by atoms with Crippen LogP contribution in [0.15, 0.2) is 77.7 Å². The summed E-state index contributed by atoms with van der Waals surface area (Å²) in [6, 6.07) is 18.8. The van der Waals surface area contributed by atoms with Gasteiger partial charge in [-0.15, -0.1) is 0 Å². The summed E-state index contributed by atoms with van der Waals surface area (Å²) >= 11 is 0. The number of hydrogen-bond acceptors (Lipinski definition) is 16. The maximum atomic E-state index is 14.4. The lowest BCUT2D eigenvalue weighted by Crippen LogP contribution is -2.51. The lowest BCUT2D eigenvalue weighted by molar-refractivity contribution is -0.150. The van der Waals surface area contributed by atoms with Crippen LogP contribution in [0.2, 0.25) is 0 Å². The van der Waals surface area contributed by atoms with Crippen molar-refractivity contribution in [1.29, 1.82) is 0 Å². The van der Waals surface area contributed by atoms with E-state index >= 15 is 0 Å². The summed E-state index contributed by atoms with van der Waals surface area (Å²) < 4.78 is 88.6. The Balaban J connectivity index is 1.17. The Hall–Kier alpha value is -4.30. The Morgan fingerprint density at radius 2 is 1.69 bits per heavy atom. The van der Waals surface area contributed by atoms with Crippen LogP contribution in [0, 0.1) is 11.8 Å². The molecule has 18 nitrogen and oxygen atoms in total. The van der Waals surface area contributed by atoms with Crippen molar-refractivity contribution in [2.24, 2.45) is 11.8 Å². The molecule has 1 unspecified atom stereocenters. The van der Waals surface area contributed by atoms with Crippen LogP contribution in [0.1, 0.15) is 45.2 Å². The van der Waals surface area contributed by atoms with Crippen LogP contribution in [-0.4, -0.2) is 138 Å². The number of rotatable bonds is 23. The van der Waals surface area contributed by atoms with Crippen molar-refractivity contribution in [1.82, 2.24) is 19.8 Å². The lowest BCUT2D eigenvalue weighted by atomic mass is 10.0. The molecule has 0 radical (unpaired) electrons. The summed E-state index contributed by atoms with van der Waals surface area (Å²) in [5, 5.41) is 18.0. The number of sulfonamides is 1. The summed E-state index contributed by atoms with van der Waals surface area (Å²) in [5.74, 6) is 0.123. The number of piperazine rings is 1. The van der Waals surface area contributed by atoms with E-state index in [-0.39, 0.29) is 61.0 Å². The average molecular weight is 947 g/mol. The van der Waals surface area contributed by atoms with Gasteiger partial charge in [-0.25, -0.2) is 22.6 Å². The highest BCUT2D eigenvalue weighted by Gasteiger charge is 2.44. The van der Waals surface area contributed by atoms with Crippen LogP contribution in [0.5, 0.6) is 17.2 Å². The molecule has 3 fully saturated rings. The van der Waals surface area contributed by atoms with E-state index < -0.39 is 66.7 Å². The molecule has 3 saturated heterocycles. The van der Waals surface area contributed by atoms with Gasteiger partial charge >= 0.3 is 19.7 Å². The Kier molecular flexibility index (Phi) is 18.1. The average Bonchev–Trinajstić information content (AvgIpc) is 3.91. The van der Waals surface area contributed by atoms with Gasteiger partial charge in [-0.1, -0.05) is 38.1 Å². The number of fused-ring (bicyclic) bond motifs is 1. The van der Waals surface area contributed by atoms with E-state index in [4.69, 9.17) is 37.5 Å². The maximum absolute atomic E-state index is 14.4. The standard InChI is InChI=1S/C45H63N4O14PS/c1-6-57-43(51)32(4)62-64(53,63-37-9-7-8-34(24-37)27-48-21-19-46-20-22-48)30-60-36-12-10-33(11-13-36)25-40(47-45(52)61-42-29-59-44-39(42)18-23-58-44)41(50)28-49(26-31(2)3)65(54,55)38-16-14-35(56-5)15-17-38/h7-17,24,31-32,39-42,44,46,50H,6,18-23,25-30H2,1-5H3,(H,47,52)/t32-,39-,40-,41+,42-,44+,64?/m0/s1. The molecule has 0 bridgehead atoms. The van der Waals surface area contributed by atoms with Crippen molar-refractivity contribution >= 4 is 29.7 Å². The molecule has 20 heteroatoms. The molecule has 3 aromatic rings. The third kappa shape index (κ3) is 14.3. The molecule has 3 heterocycles. The first kappa shape index (κ1) is 50.1. The zero-order valence-electron chi connectivity index (χ0n) is 37.7. The van der Waals surface area contributed by atoms with Crippen LogP contribution >= 0.6 is 7.60 Å². The van der Waals surface area contributed by atoms with Crippen molar-refractivity contribution in [2.45, 2.75) is 82.6 Å². The van der Waals surface area contributed by atoms with Gasteiger partial charge in [0, 0.05) is 45.8 Å². The van der Waals surface area contributed by atoms with E-state index in [0.717, 1.165) is 31.7 Å². The predicted molar refractivity (Wildman–Crippen MR) is 239 cm³/mol. The third-order valence-electron chi connectivity index (χ3n) is 11.1. The highest BCUT2D eigenvalue weighted by molar-refractivity contribution is 7.89. The smallest absolute Gasteiger partial charge is 0.417 e. The molecule has 7 atom stereocenters. The first-order valence-electron chi connectivity index (χ1n) is 22.0. The Morgan fingerprint density at radius 3 is 2.38 bits per heavy atom. The SMILES string of the molecule is CCOC(=O)[C@H](C)OP(=O)(COc1ccc(C[C@H](NC(=O)O[C@H]2CO[C@H]3OCC[C@H]32)[C@H](O)CN(CC(C)C)S(=O)(=O)c2ccc(OC)cc2)cc1)Oc1cccc(CN2CCNCC2)c1. The van der Waals surface area contributed by atoms with Crippen LogP contribution in [0.3, 0.4) is 0 Å². The number of amides is 1. The summed E-state index contributed by atoms with van der Waals surface area (Å²) in [4.78, 5) is 28.4. The van der Waals surface area contributed by atoms with Crippen molar-refractivity contribution in [3.63, 3.8) is 0 Å². The molecule has 1 amide bonds. The van der Waals surface area contributed by atoms with E-state index in [1.165, 1.54) is 30.5 Å². The van der Waals surface area contributed by atoms with Crippen molar-refractivity contribution in [3.8, 4) is 17.2 Å². The van der Waals surface area contributed by atoms with Gasteiger partial charge in [0.05, 0.1) is 49.9 Å². The Labute approximate surface area is 381 Å². The number of nitrogens with zero attached hydrogens (tertiary/aromatic N) is 2. The minimum Gasteiger partial charge on any atom is -0.497 e. The second kappa shape index (κ2) is 23.4. The highest BCUT2D eigenvalue weighted by Crippen LogP contribution is 2.50. The zero-order chi connectivity index (χ0) is 46.6. The molecular formula is C45H63N4O14PS. The largest absolute Gasteiger partial charge is 0.497 e.